The molecule has 0 saturated carbocycles. The molecular formula is C11H9Cl2NO3. The van der Waals surface area contributed by atoms with Gasteiger partial charge in [0.1, 0.15) is 0 Å². The Kier molecular flexibility index (Phi) is 3.45. The van der Waals surface area contributed by atoms with E-state index < -0.39 is 0 Å². The van der Waals surface area contributed by atoms with Crippen LogP contribution >= 0.6 is 23.2 Å². The average Bonchev–Trinajstić information content (AvgIpc) is 2.74. The second-order valence-corrected chi connectivity index (χ2v) is 4.33. The summed E-state index contributed by atoms with van der Waals surface area (Å²) < 4.78 is 10.3. The minimum atomic E-state index is -0.299. The fraction of sp³-hybridized carbons (Fsp3) is 0.182. The molecule has 0 unspecified atom stereocenters. The summed E-state index contributed by atoms with van der Waals surface area (Å²) in [5, 5.41) is 3.29. The SMILES string of the molecule is C=C(Cl)CNC(=O)c1cc(Cl)c2c(c1)OCO2. The van der Waals surface area contributed by atoms with Crippen LogP contribution in [0.25, 0.3) is 0 Å². The standard InChI is InChI=1S/C11H9Cl2NO3/c1-6(12)4-14-11(15)7-2-8(13)10-9(3-7)16-5-17-10/h2-3H,1,4-5H2,(H,14,15). The molecule has 1 aliphatic heterocycles. The number of carbonyl (C=O) groups is 1. The summed E-state index contributed by atoms with van der Waals surface area (Å²) in [6.45, 7) is 3.79. The van der Waals surface area contributed by atoms with E-state index in [2.05, 4.69) is 11.9 Å². The van der Waals surface area contributed by atoms with Gasteiger partial charge in [-0.05, 0) is 12.1 Å². The summed E-state index contributed by atoms with van der Waals surface area (Å²) in [4.78, 5) is 11.7. The Labute approximate surface area is 108 Å². The molecule has 0 spiro atoms. The number of hydrogen-bond donors (Lipinski definition) is 1. The molecule has 0 radical (unpaired) electrons. The van der Waals surface area contributed by atoms with E-state index in [1.807, 2.05) is 0 Å². The zero-order valence-corrected chi connectivity index (χ0v) is 10.3. The first-order valence-corrected chi connectivity index (χ1v) is 5.54. The van der Waals surface area contributed by atoms with Crippen LogP contribution in [-0.2, 0) is 0 Å². The van der Waals surface area contributed by atoms with Crippen molar-refractivity contribution in [2.24, 2.45) is 0 Å². The number of ether oxygens (including phenoxy) is 2. The van der Waals surface area contributed by atoms with Crippen molar-refractivity contribution in [1.29, 1.82) is 0 Å². The molecular weight excluding hydrogens is 265 g/mol. The van der Waals surface area contributed by atoms with Crippen LogP contribution in [0, 0.1) is 0 Å². The monoisotopic (exact) mass is 273 g/mol. The second kappa shape index (κ2) is 4.85. The predicted molar refractivity (Wildman–Crippen MR) is 64.9 cm³/mol. The number of benzene rings is 1. The number of nitrogens with one attached hydrogen (secondary N) is 1. The van der Waals surface area contributed by atoms with Gasteiger partial charge in [-0.25, -0.2) is 0 Å². The molecule has 0 aliphatic carbocycles. The van der Waals surface area contributed by atoms with Crippen LogP contribution in [0.3, 0.4) is 0 Å². The first-order valence-electron chi connectivity index (χ1n) is 4.78. The average molecular weight is 274 g/mol. The minimum absolute atomic E-state index is 0.110. The third-order valence-electron chi connectivity index (χ3n) is 2.13. The van der Waals surface area contributed by atoms with Crippen LogP contribution in [0.15, 0.2) is 23.7 Å². The number of carbonyl (C=O) groups excluding carboxylic acids is 1. The van der Waals surface area contributed by atoms with E-state index in [9.17, 15) is 4.79 Å². The van der Waals surface area contributed by atoms with Gasteiger partial charge in [-0.3, -0.25) is 4.79 Å². The highest BCUT2D eigenvalue weighted by atomic mass is 35.5. The Morgan fingerprint density at radius 2 is 2.24 bits per heavy atom. The molecule has 90 valence electrons. The van der Waals surface area contributed by atoms with E-state index in [0.29, 0.717) is 27.1 Å². The van der Waals surface area contributed by atoms with Crippen molar-refractivity contribution < 1.29 is 14.3 Å². The largest absolute Gasteiger partial charge is 0.454 e. The highest BCUT2D eigenvalue weighted by Gasteiger charge is 2.20. The Hall–Kier alpha value is -1.39. The Morgan fingerprint density at radius 1 is 1.47 bits per heavy atom. The lowest BCUT2D eigenvalue weighted by Crippen LogP contribution is -2.24. The molecule has 1 aromatic rings. The molecule has 1 heterocycles. The van der Waals surface area contributed by atoms with Crippen LogP contribution in [0.4, 0.5) is 0 Å². The maximum atomic E-state index is 11.7. The first-order chi connectivity index (χ1) is 8.08. The van der Waals surface area contributed by atoms with Crippen molar-refractivity contribution in [3.8, 4) is 11.5 Å². The highest BCUT2D eigenvalue weighted by Crippen LogP contribution is 2.39. The molecule has 0 saturated heterocycles. The van der Waals surface area contributed by atoms with Gasteiger partial charge in [0.15, 0.2) is 11.5 Å². The van der Waals surface area contributed by atoms with E-state index in [1.54, 1.807) is 6.07 Å². The third-order valence-corrected chi connectivity index (χ3v) is 2.54. The van der Waals surface area contributed by atoms with Gasteiger partial charge in [-0.2, -0.15) is 0 Å². The molecule has 1 N–H and O–H groups in total. The van der Waals surface area contributed by atoms with Crippen LogP contribution in [0.1, 0.15) is 10.4 Å². The van der Waals surface area contributed by atoms with Crippen molar-refractivity contribution >= 4 is 29.1 Å². The van der Waals surface area contributed by atoms with Gasteiger partial charge < -0.3 is 14.8 Å². The molecule has 0 aromatic heterocycles. The van der Waals surface area contributed by atoms with Crippen molar-refractivity contribution in [3.63, 3.8) is 0 Å². The molecule has 17 heavy (non-hydrogen) atoms. The van der Waals surface area contributed by atoms with E-state index in [-0.39, 0.29) is 19.2 Å². The van der Waals surface area contributed by atoms with Gasteiger partial charge in [-0.15, -0.1) is 0 Å². The third kappa shape index (κ3) is 2.65. The van der Waals surface area contributed by atoms with Crippen molar-refractivity contribution in [1.82, 2.24) is 5.32 Å². The molecule has 2 rings (SSSR count). The van der Waals surface area contributed by atoms with E-state index in [1.165, 1.54) is 6.07 Å². The lowest BCUT2D eigenvalue weighted by molar-refractivity contribution is 0.0957. The molecule has 6 heteroatoms. The molecule has 1 aliphatic rings. The van der Waals surface area contributed by atoms with E-state index in [0.717, 1.165) is 0 Å². The van der Waals surface area contributed by atoms with Gasteiger partial charge in [0.2, 0.25) is 6.79 Å². The zero-order chi connectivity index (χ0) is 12.4. The van der Waals surface area contributed by atoms with Gasteiger partial charge in [0.05, 0.1) is 11.6 Å². The summed E-state index contributed by atoms with van der Waals surface area (Å²) in [6.07, 6.45) is 0. The maximum absolute atomic E-state index is 11.7. The van der Waals surface area contributed by atoms with Gasteiger partial charge in [0.25, 0.3) is 5.91 Å². The Balaban J connectivity index is 2.19. The fourth-order valence-corrected chi connectivity index (χ4v) is 1.71. The maximum Gasteiger partial charge on any atom is 0.251 e. The molecule has 0 bridgehead atoms. The highest BCUT2D eigenvalue weighted by molar-refractivity contribution is 6.32. The van der Waals surface area contributed by atoms with Crippen LogP contribution in [-0.4, -0.2) is 19.2 Å². The first kappa shape index (κ1) is 12.1. The predicted octanol–water partition coefficient (Wildman–Crippen LogP) is 2.55. The van der Waals surface area contributed by atoms with Crippen molar-refractivity contribution in [2.75, 3.05) is 13.3 Å². The lowest BCUT2D eigenvalue weighted by Gasteiger charge is -2.06. The zero-order valence-electron chi connectivity index (χ0n) is 8.76. The topological polar surface area (TPSA) is 47.6 Å². The molecule has 4 nitrogen and oxygen atoms in total. The molecule has 1 aromatic carbocycles. The Morgan fingerprint density at radius 3 is 2.94 bits per heavy atom. The Bertz CT molecular complexity index is 488. The fourth-order valence-electron chi connectivity index (χ4n) is 1.38. The number of rotatable bonds is 3. The summed E-state index contributed by atoms with van der Waals surface area (Å²) in [5.41, 5.74) is 0.386. The van der Waals surface area contributed by atoms with Crippen LogP contribution in [0.5, 0.6) is 11.5 Å². The van der Waals surface area contributed by atoms with Crippen molar-refractivity contribution in [2.45, 2.75) is 0 Å². The van der Waals surface area contributed by atoms with E-state index in [4.69, 9.17) is 32.7 Å². The smallest absolute Gasteiger partial charge is 0.251 e. The number of halogens is 2. The molecule has 1 amide bonds. The molecule has 0 fully saturated rings. The quantitative estimate of drug-likeness (QED) is 0.921. The number of amides is 1. The number of fused-ring (bicyclic) bond motifs is 1. The summed E-state index contributed by atoms with van der Waals surface area (Å²) in [5.74, 6) is 0.629. The normalized spacial score (nSPS) is 12.4. The number of hydrogen-bond acceptors (Lipinski definition) is 3. The second-order valence-electron chi connectivity index (χ2n) is 3.39. The van der Waals surface area contributed by atoms with E-state index >= 15 is 0 Å². The summed E-state index contributed by atoms with van der Waals surface area (Å²) >= 11 is 11.5. The lowest BCUT2D eigenvalue weighted by atomic mass is 10.2. The van der Waals surface area contributed by atoms with Gasteiger partial charge >= 0.3 is 0 Å². The van der Waals surface area contributed by atoms with Gasteiger partial charge in [-0.1, -0.05) is 29.8 Å². The van der Waals surface area contributed by atoms with Crippen molar-refractivity contribution in [3.05, 3.63) is 34.3 Å². The van der Waals surface area contributed by atoms with Crippen LogP contribution in [0.2, 0.25) is 5.02 Å². The summed E-state index contributed by atoms with van der Waals surface area (Å²) in [6, 6.07) is 3.09. The summed E-state index contributed by atoms with van der Waals surface area (Å²) in [7, 11) is 0. The minimum Gasteiger partial charge on any atom is -0.454 e. The molecule has 0 atom stereocenters. The van der Waals surface area contributed by atoms with Gasteiger partial charge in [0, 0.05) is 10.6 Å². The van der Waals surface area contributed by atoms with Crippen LogP contribution < -0.4 is 14.8 Å².